The monoisotopic (exact) mass is 490 g/mol. The summed E-state index contributed by atoms with van der Waals surface area (Å²) in [4.78, 5) is 0. The minimum atomic E-state index is 1.14. The fraction of sp³-hybridized carbons (Fsp3) is 0.500. The van der Waals surface area contributed by atoms with Gasteiger partial charge in [0.25, 0.3) is 0 Å². The molecule has 3 aromatic carbocycles. The van der Waals surface area contributed by atoms with Gasteiger partial charge in [0.15, 0.2) is 0 Å². The van der Waals surface area contributed by atoms with Gasteiger partial charge in [-0.15, -0.1) is 0 Å². The Morgan fingerprint density at radius 3 is 1.33 bits per heavy atom. The largest absolute Gasteiger partial charge is 0.0654 e. The molecule has 0 radical (unpaired) electrons. The summed E-state index contributed by atoms with van der Waals surface area (Å²) in [6.45, 7) is 21.7. The molecule has 3 rings (SSSR count). The van der Waals surface area contributed by atoms with Crippen LogP contribution >= 0.6 is 0 Å². The van der Waals surface area contributed by atoms with E-state index in [1.807, 2.05) is 0 Å². The lowest BCUT2D eigenvalue weighted by atomic mass is 10.1. The maximum Gasteiger partial charge on any atom is -0.0305 e. The van der Waals surface area contributed by atoms with Crippen LogP contribution < -0.4 is 0 Å². The topological polar surface area (TPSA) is 0 Å². The molecular weight excluding hydrogens is 432 g/mol. The molecule has 0 aromatic heterocycles. The van der Waals surface area contributed by atoms with Crippen molar-refractivity contribution in [3.8, 4) is 0 Å². The van der Waals surface area contributed by atoms with Crippen LogP contribution in [0.1, 0.15) is 114 Å². The van der Waals surface area contributed by atoms with E-state index in [1.165, 1.54) is 65.5 Å². The Morgan fingerprint density at radius 1 is 0.444 bits per heavy atom. The zero-order chi connectivity index (χ0) is 27.6. The van der Waals surface area contributed by atoms with Crippen molar-refractivity contribution in [3.05, 3.63) is 106 Å². The standard InChI is InChI=1S/3C9H12.C5H12.C4H10/c1-3-9-6-4-8(2)5-7-9;1-3-9-6-4-5-8(2)7-9;1-3-9-7-5-4-6-8(9)2;1-3-5-4-2;1-3-4-2/h3*4-7H,3H2,1-2H3;3-5H2,1-2H3;3-4H2,1-2H3. The van der Waals surface area contributed by atoms with E-state index in [-0.39, 0.29) is 0 Å². The van der Waals surface area contributed by atoms with Gasteiger partial charge in [0.1, 0.15) is 0 Å². The van der Waals surface area contributed by atoms with Gasteiger partial charge < -0.3 is 0 Å². The van der Waals surface area contributed by atoms with Crippen LogP contribution in [0, 0.1) is 20.8 Å². The first-order chi connectivity index (χ1) is 17.3. The number of aryl methyl sites for hydroxylation is 6. The fourth-order valence-corrected chi connectivity index (χ4v) is 3.12. The number of unbranched alkanes of at least 4 members (excludes halogenated alkanes) is 3. The summed E-state index contributed by atoms with van der Waals surface area (Å²) in [5.74, 6) is 0. The van der Waals surface area contributed by atoms with E-state index in [4.69, 9.17) is 0 Å². The van der Waals surface area contributed by atoms with E-state index in [0.29, 0.717) is 0 Å². The molecule has 0 amide bonds. The summed E-state index contributed by atoms with van der Waals surface area (Å²) >= 11 is 0. The molecule has 0 saturated carbocycles. The van der Waals surface area contributed by atoms with Crippen molar-refractivity contribution in [2.75, 3.05) is 0 Å². The van der Waals surface area contributed by atoms with Crippen LogP contribution in [0.25, 0.3) is 0 Å². The zero-order valence-corrected chi connectivity index (χ0v) is 25.6. The van der Waals surface area contributed by atoms with Crippen molar-refractivity contribution in [1.29, 1.82) is 0 Å². The van der Waals surface area contributed by atoms with E-state index in [2.05, 4.69) is 142 Å². The third-order valence-corrected chi connectivity index (χ3v) is 5.87. The van der Waals surface area contributed by atoms with Gasteiger partial charge in [-0.05, 0) is 62.3 Å². The zero-order valence-electron chi connectivity index (χ0n) is 25.6. The molecule has 0 unspecified atom stereocenters. The van der Waals surface area contributed by atoms with Crippen molar-refractivity contribution < 1.29 is 0 Å². The van der Waals surface area contributed by atoms with Gasteiger partial charge in [0.05, 0.1) is 0 Å². The number of rotatable bonds is 6. The lowest BCUT2D eigenvalue weighted by Crippen LogP contribution is -1.82. The molecule has 0 aliphatic rings. The van der Waals surface area contributed by atoms with Crippen LogP contribution in [0.15, 0.2) is 72.8 Å². The molecular formula is C36H58. The smallest absolute Gasteiger partial charge is 0.0305 e. The van der Waals surface area contributed by atoms with Gasteiger partial charge in [-0.2, -0.15) is 0 Å². The summed E-state index contributed by atoms with van der Waals surface area (Å²) in [5.41, 5.74) is 8.40. The third kappa shape index (κ3) is 21.0. The van der Waals surface area contributed by atoms with E-state index >= 15 is 0 Å². The van der Waals surface area contributed by atoms with Crippen LogP contribution in [-0.4, -0.2) is 0 Å². The average Bonchev–Trinajstić information content (AvgIpc) is 2.91. The second-order valence-electron chi connectivity index (χ2n) is 9.32. The second kappa shape index (κ2) is 25.7. The molecule has 0 heterocycles. The number of benzene rings is 3. The Hall–Kier alpha value is -2.34. The minimum absolute atomic E-state index is 1.14. The molecule has 0 heteroatoms. The van der Waals surface area contributed by atoms with Gasteiger partial charge in [-0.3, -0.25) is 0 Å². The van der Waals surface area contributed by atoms with Gasteiger partial charge >= 0.3 is 0 Å². The molecule has 0 N–H and O–H groups in total. The number of hydrogen-bond donors (Lipinski definition) is 0. The van der Waals surface area contributed by atoms with E-state index in [1.54, 1.807) is 0 Å². The lowest BCUT2D eigenvalue weighted by molar-refractivity contribution is 0.772. The molecule has 0 saturated heterocycles. The Kier molecular flexibility index (Phi) is 25.6. The van der Waals surface area contributed by atoms with E-state index < -0.39 is 0 Å². The quantitative estimate of drug-likeness (QED) is 0.322. The lowest BCUT2D eigenvalue weighted by Gasteiger charge is -1.98. The van der Waals surface area contributed by atoms with Crippen LogP contribution in [0.2, 0.25) is 0 Å². The minimum Gasteiger partial charge on any atom is -0.0654 e. The van der Waals surface area contributed by atoms with E-state index in [0.717, 1.165) is 19.3 Å². The summed E-state index contributed by atoms with van der Waals surface area (Å²) in [6.07, 6.45) is 10.1. The van der Waals surface area contributed by atoms with Crippen molar-refractivity contribution in [1.82, 2.24) is 0 Å². The van der Waals surface area contributed by atoms with Crippen molar-refractivity contribution >= 4 is 0 Å². The SMILES string of the molecule is CCCC.CCCCC.CCc1ccc(C)cc1.CCc1cccc(C)c1.CCc1ccccc1C. The second-order valence-corrected chi connectivity index (χ2v) is 9.32. The highest BCUT2D eigenvalue weighted by atomic mass is 14.0. The summed E-state index contributed by atoms with van der Waals surface area (Å²) in [6, 6.07) is 25.8. The molecule has 0 fully saturated rings. The molecule has 3 aromatic rings. The van der Waals surface area contributed by atoms with Crippen LogP contribution in [0.5, 0.6) is 0 Å². The molecule has 0 aliphatic heterocycles. The van der Waals surface area contributed by atoms with Gasteiger partial charge in [-0.25, -0.2) is 0 Å². The third-order valence-electron chi connectivity index (χ3n) is 5.87. The Labute approximate surface area is 226 Å². The van der Waals surface area contributed by atoms with Crippen LogP contribution in [-0.2, 0) is 19.3 Å². The summed E-state index contributed by atoms with van der Waals surface area (Å²) in [7, 11) is 0. The van der Waals surface area contributed by atoms with Crippen molar-refractivity contribution in [2.45, 2.75) is 121 Å². The molecule has 0 bridgehead atoms. The molecule has 0 atom stereocenters. The predicted molar refractivity (Wildman–Crippen MR) is 167 cm³/mol. The van der Waals surface area contributed by atoms with Crippen molar-refractivity contribution in [2.24, 2.45) is 0 Å². The highest BCUT2D eigenvalue weighted by Crippen LogP contribution is 2.06. The highest BCUT2D eigenvalue weighted by molar-refractivity contribution is 5.25. The van der Waals surface area contributed by atoms with Gasteiger partial charge in [0.2, 0.25) is 0 Å². The molecule has 202 valence electrons. The molecule has 0 aliphatic carbocycles. The first kappa shape index (κ1) is 35.8. The Balaban J connectivity index is 0. The normalized spacial score (nSPS) is 9.17. The summed E-state index contributed by atoms with van der Waals surface area (Å²) in [5, 5.41) is 0. The first-order valence-electron chi connectivity index (χ1n) is 14.5. The maximum atomic E-state index is 2.22. The van der Waals surface area contributed by atoms with Gasteiger partial charge in [-0.1, -0.05) is 164 Å². The molecule has 0 nitrogen and oxygen atoms in total. The average molecular weight is 491 g/mol. The maximum absolute atomic E-state index is 2.22. The Bertz CT molecular complexity index is 838. The van der Waals surface area contributed by atoms with E-state index in [9.17, 15) is 0 Å². The van der Waals surface area contributed by atoms with Crippen LogP contribution in [0.4, 0.5) is 0 Å². The highest BCUT2D eigenvalue weighted by Gasteiger charge is 1.89. The predicted octanol–water partition coefficient (Wildman–Crippen LogP) is 11.7. The molecule has 36 heavy (non-hydrogen) atoms. The number of hydrogen-bond acceptors (Lipinski definition) is 0. The molecule has 0 spiro atoms. The van der Waals surface area contributed by atoms with Crippen LogP contribution in [0.3, 0.4) is 0 Å². The fourth-order valence-electron chi connectivity index (χ4n) is 3.12. The van der Waals surface area contributed by atoms with Gasteiger partial charge in [0, 0.05) is 0 Å². The first-order valence-corrected chi connectivity index (χ1v) is 14.5. The van der Waals surface area contributed by atoms with Crippen molar-refractivity contribution in [3.63, 3.8) is 0 Å². The Morgan fingerprint density at radius 2 is 1.00 bits per heavy atom. The summed E-state index contributed by atoms with van der Waals surface area (Å²) < 4.78 is 0.